The van der Waals surface area contributed by atoms with Crippen molar-refractivity contribution in [2.75, 3.05) is 24.7 Å². The molecule has 4 aliphatic heterocycles. The molecule has 1 aromatic carbocycles. The van der Waals surface area contributed by atoms with Gasteiger partial charge in [0.25, 0.3) is 11.8 Å². The fraction of sp³-hybridized carbons (Fsp3) is 0.483. The Morgan fingerprint density at radius 2 is 2.02 bits per heavy atom. The molecule has 3 fully saturated rings. The minimum absolute atomic E-state index is 0. The normalized spacial score (nSPS) is 25.6. The number of amides is 2. The van der Waals surface area contributed by atoms with Crippen molar-refractivity contribution in [3.63, 3.8) is 0 Å². The number of thioether (sulfide) groups is 2. The third kappa shape index (κ3) is 7.29. The van der Waals surface area contributed by atoms with E-state index in [4.69, 9.17) is 14.2 Å². The smallest absolute Gasteiger partial charge is 0.457 e. The Kier molecular flexibility index (Phi) is 11.1. The molecule has 0 radical (unpaired) electrons. The molecular formula is C29H32ClN5O9S3. The van der Waals surface area contributed by atoms with Gasteiger partial charge >= 0.3 is 12.1 Å². The molecule has 4 aliphatic rings. The van der Waals surface area contributed by atoms with Crippen LogP contribution < -0.4 is 10.6 Å². The number of aryl methyl sites for hydroxylation is 1. The highest BCUT2D eigenvalue weighted by Crippen LogP contribution is 2.42. The Hall–Kier alpha value is -3.22. The lowest BCUT2D eigenvalue weighted by molar-refractivity contribution is -0.154. The van der Waals surface area contributed by atoms with Crippen LogP contribution >= 0.6 is 47.3 Å². The zero-order valence-electron chi connectivity index (χ0n) is 25.2. The molecule has 252 valence electrons. The van der Waals surface area contributed by atoms with Crippen molar-refractivity contribution in [1.29, 1.82) is 0 Å². The molecule has 3 N–H and O–H groups in total. The summed E-state index contributed by atoms with van der Waals surface area (Å²) in [5.41, 5.74) is 1.07. The van der Waals surface area contributed by atoms with Crippen LogP contribution in [0.1, 0.15) is 46.8 Å². The Bertz CT molecular complexity index is 1600. The maximum atomic E-state index is 13.5. The van der Waals surface area contributed by atoms with Crippen LogP contribution in [0.3, 0.4) is 0 Å². The van der Waals surface area contributed by atoms with Gasteiger partial charge in [0, 0.05) is 22.6 Å². The number of esters is 1. The van der Waals surface area contributed by atoms with Crippen molar-refractivity contribution < 1.29 is 43.3 Å². The van der Waals surface area contributed by atoms with Crippen LogP contribution in [0.5, 0.6) is 0 Å². The Balaban J connectivity index is 0.00000433. The monoisotopic (exact) mass is 725 g/mol. The molecule has 47 heavy (non-hydrogen) atoms. The van der Waals surface area contributed by atoms with E-state index < -0.39 is 53.7 Å². The number of ketones is 1. The average molecular weight is 726 g/mol. The lowest BCUT2D eigenvalue weighted by atomic mass is 9.94. The van der Waals surface area contributed by atoms with Gasteiger partial charge in [0.15, 0.2) is 22.3 Å². The van der Waals surface area contributed by atoms with Crippen LogP contribution in [0.2, 0.25) is 0 Å². The van der Waals surface area contributed by atoms with Crippen molar-refractivity contribution in [3.05, 3.63) is 51.7 Å². The van der Waals surface area contributed by atoms with Crippen molar-refractivity contribution in [3.8, 4) is 0 Å². The SMILES string of the molecule is Cc1nnc(SCC2=C(C(=O)OCC3OC(=O)OC3C)N3C(=O)C(NC(=O)C(O)c4ccccc4C(=O)[C@@H]4CCCN4)[C@@H]3SC2)s1.Cl. The number of rotatable bonds is 11. The van der Waals surface area contributed by atoms with Crippen LogP contribution in [0.25, 0.3) is 0 Å². The van der Waals surface area contributed by atoms with Crippen molar-refractivity contribution in [1.82, 2.24) is 25.7 Å². The van der Waals surface area contributed by atoms with E-state index in [1.54, 1.807) is 25.1 Å². The number of aliphatic hydroxyl groups is 1. The Labute approximate surface area is 288 Å². The second kappa shape index (κ2) is 14.9. The molecule has 0 saturated carbocycles. The van der Waals surface area contributed by atoms with E-state index in [1.807, 2.05) is 6.92 Å². The summed E-state index contributed by atoms with van der Waals surface area (Å²) in [5, 5.41) is 25.1. The van der Waals surface area contributed by atoms with Crippen molar-refractivity contribution >= 4 is 77.0 Å². The number of fused-ring (bicyclic) bond motifs is 1. The van der Waals surface area contributed by atoms with Gasteiger partial charge in [-0.2, -0.15) is 0 Å². The molecule has 0 bridgehead atoms. The Morgan fingerprint density at radius 1 is 1.23 bits per heavy atom. The number of aliphatic hydroxyl groups excluding tert-OH is 1. The maximum Gasteiger partial charge on any atom is 0.509 e. The number of cyclic esters (lactones) is 2. The maximum absolute atomic E-state index is 13.5. The molecular weight excluding hydrogens is 694 g/mol. The highest BCUT2D eigenvalue weighted by Gasteiger charge is 2.55. The Morgan fingerprint density at radius 3 is 2.70 bits per heavy atom. The fourth-order valence-corrected chi connectivity index (χ4v) is 8.87. The molecule has 5 heterocycles. The highest BCUT2D eigenvalue weighted by molar-refractivity contribution is 8.01. The second-order valence-electron chi connectivity index (χ2n) is 11.1. The number of carbonyl (C=O) groups excluding carboxylic acids is 5. The van der Waals surface area contributed by atoms with Gasteiger partial charge in [-0.3, -0.25) is 19.3 Å². The number of Topliss-reactive ketones (excluding diaryl/α,β-unsaturated/α-hetero) is 1. The molecule has 1 aromatic heterocycles. The topological polar surface area (TPSA) is 186 Å². The quantitative estimate of drug-likeness (QED) is 0.132. The lowest BCUT2D eigenvalue weighted by Gasteiger charge is -2.49. The molecule has 18 heteroatoms. The van der Waals surface area contributed by atoms with Crippen LogP contribution in [0, 0.1) is 6.92 Å². The van der Waals surface area contributed by atoms with E-state index >= 15 is 0 Å². The fourth-order valence-electron chi connectivity index (χ4n) is 5.57. The molecule has 0 aliphatic carbocycles. The molecule has 4 unspecified atom stereocenters. The van der Waals surface area contributed by atoms with Crippen LogP contribution in [0.4, 0.5) is 4.79 Å². The molecule has 14 nitrogen and oxygen atoms in total. The van der Waals surface area contributed by atoms with E-state index in [0.29, 0.717) is 34.4 Å². The number of hydrogen-bond donors (Lipinski definition) is 3. The number of ether oxygens (including phenoxy) is 3. The first kappa shape index (κ1) is 35.1. The third-order valence-electron chi connectivity index (χ3n) is 7.99. The number of nitrogens with one attached hydrogen (secondary N) is 2. The van der Waals surface area contributed by atoms with Crippen LogP contribution in [-0.4, -0.2) is 104 Å². The number of benzene rings is 1. The van der Waals surface area contributed by atoms with E-state index in [1.165, 1.54) is 45.8 Å². The number of halogens is 1. The summed E-state index contributed by atoms with van der Waals surface area (Å²) >= 11 is 4.13. The van der Waals surface area contributed by atoms with Gasteiger partial charge in [0.05, 0.1) is 6.04 Å². The van der Waals surface area contributed by atoms with Crippen LogP contribution in [0.15, 0.2) is 39.9 Å². The third-order valence-corrected chi connectivity index (χ3v) is 11.4. The number of carbonyl (C=O) groups is 5. The molecule has 6 rings (SSSR count). The van der Waals surface area contributed by atoms with E-state index in [2.05, 4.69) is 20.8 Å². The van der Waals surface area contributed by atoms with Gasteiger partial charge in [0.1, 0.15) is 34.8 Å². The first-order valence-electron chi connectivity index (χ1n) is 14.6. The first-order chi connectivity index (χ1) is 22.1. The zero-order valence-corrected chi connectivity index (χ0v) is 28.5. The number of aromatic nitrogens is 2. The molecule has 6 atom stereocenters. The average Bonchev–Trinajstić information content (AvgIpc) is 3.81. The second-order valence-corrected chi connectivity index (χ2v) is 14.6. The van der Waals surface area contributed by atoms with Gasteiger partial charge in [-0.05, 0) is 38.8 Å². The highest BCUT2D eigenvalue weighted by atomic mass is 35.5. The van der Waals surface area contributed by atoms with E-state index in [0.717, 1.165) is 11.4 Å². The molecule has 2 aromatic rings. The standard InChI is InChI=1S/C29H31N5O9S3.ClH/c1-13-19(43-29(40)42-13)10-41-27(39)21-15(12-45-28-33-32-14(2)46-28)11-44-26-20(25(38)34(21)26)31-24(37)23(36)17-7-4-3-6-16(17)22(35)18-8-5-9-30-18;/h3-4,6-7,13,18-20,23,26,30,36H,5,8-12H2,1-2H3,(H,31,37);1H/t13?,18-,19?,20?,23?,26-;/m0./s1. The van der Waals surface area contributed by atoms with Gasteiger partial charge in [0.2, 0.25) is 0 Å². The molecule has 0 spiro atoms. The first-order valence-corrected chi connectivity index (χ1v) is 17.5. The van der Waals surface area contributed by atoms with Crippen molar-refractivity contribution in [2.45, 2.75) is 66.8 Å². The number of nitrogens with zero attached hydrogens (tertiary/aromatic N) is 3. The van der Waals surface area contributed by atoms with E-state index in [9.17, 15) is 29.1 Å². The summed E-state index contributed by atoms with van der Waals surface area (Å²) in [6.07, 6.45) is -2.45. The van der Waals surface area contributed by atoms with Crippen LogP contribution in [-0.2, 0) is 28.6 Å². The predicted molar refractivity (Wildman–Crippen MR) is 173 cm³/mol. The number of hydrogen-bond acceptors (Lipinski definition) is 15. The van der Waals surface area contributed by atoms with Gasteiger partial charge in [-0.15, -0.1) is 34.4 Å². The van der Waals surface area contributed by atoms with Crippen molar-refractivity contribution in [2.24, 2.45) is 0 Å². The molecule has 2 amide bonds. The van der Waals surface area contributed by atoms with Gasteiger partial charge in [-0.1, -0.05) is 47.4 Å². The minimum Gasteiger partial charge on any atom is -0.457 e. The summed E-state index contributed by atoms with van der Waals surface area (Å²) in [7, 11) is 0. The van der Waals surface area contributed by atoms with E-state index in [-0.39, 0.29) is 47.7 Å². The zero-order chi connectivity index (χ0) is 32.5. The summed E-state index contributed by atoms with van der Waals surface area (Å²) < 4.78 is 16.2. The summed E-state index contributed by atoms with van der Waals surface area (Å²) in [5.74, 6) is -1.70. The summed E-state index contributed by atoms with van der Waals surface area (Å²) in [4.78, 5) is 66.1. The predicted octanol–water partition coefficient (Wildman–Crippen LogP) is 2.15. The summed E-state index contributed by atoms with van der Waals surface area (Å²) in [6, 6.07) is 4.97. The lowest BCUT2D eigenvalue weighted by Crippen LogP contribution is -2.71. The number of β-lactam (4-membered cyclic amide) rings is 1. The summed E-state index contributed by atoms with van der Waals surface area (Å²) in [6.45, 7) is 3.89. The molecule has 3 saturated heterocycles. The van der Waals surface area contributed by atoms with Gasteiger partial charge < -0.3 is 30.0 Å². The largest absolute Gasteiger partial charge is 0.509 e. The minimum atomic E-state index is -1.70. The van der Waals surface area contributed by atoms with Gasteiger partial charge in [-0.25, -0.2) is 9.59 Å².